The average molecular weight is 465 g/mol. The van der Waals surface area contributed by atoms with Gasteiger partial charge in [-0.05, 0) is 0 Å². The third kappa shape index (κ3) is 9.38. The van der Waals surface area contributed by atoms with E-state index in [1.54, 1.807) is 0 Å². The van der Waals surface area contributed by atoms with Crippen LogP contribution >= 0.6 is 17.0 Å². The molecule has 3 heteroatoms. The fourth-order valence-electron chi connectivity index (χ4n) is 2.27. The summed E-state index contributed by atoms with van der Waals surface area (Å²) in [6, 6.07) is 43.3. The first-order valence-electron chi connectivity index (χ1n) is 8.11. The van der Waals surface area contributed by atoms with Crippen molar-refractivity contribution in [3.05, 3.63) is 131 Å². The Morgan fingerprint density at radius 3 is 1.19 bits per heavy atom. The average Bonchev–Trinajstić information content (AvgIpc) is 3.39. The molecule has 0 atom stereocenters. The van der Waals surface area contributed by atoms with E-state index in [0.717, 1.165) is 24.0 Å². The molecule has 138 valence electrons. The molecule has 0 heterocycles. The maximum atomic E-state index is 4.93. The summed E-state index contributed by atoms with van der Waals surface area (Å²) in [5.74, 6) is 0. The Bertz CT molecular complexity index is 736. The molecule has 27 heavy (non-hydrogen) atoms. The molecule has 4 aromatic carbocycles. The largest absolute Gasteiger partial charge is 0.998 e. The first-order valence-corrected chi connectivity index (χ1v) is 14.4. The van der Waals surface area contributed by atoms with Crippen molar-refractivity contribution in [2.45, 2.75) is 12.8 Å². The summed E-state index contributed by atoms with van der Waals surface area (Å²) in [6.07, 6.45) is 1.75. The maximum absolute atomic E-state index is 4.93. The van der Waals surface area contributed by atoms with Crippen LogP contribution < -0.4 is 0 Å². The molecule has 0 aliphatic rings. The Morgan fingerprint density at radius 1 is 0.593 bits per heavy atom. The predicted molar refractivity (Wildman–Crippen MR) is 105 cm³/mol. The van der Waals surface area contributed by atoms with Crippen LogP contribution in [0, 0.1) is 48.5 Å². The summed E-state index contributed by atoms with van der Waals surface area (Å²) < 4.78 is 0. The molecule has 0 nitrogen and oxygen atoms in total. The number of benzene rings is 2. The topological polar surface area (TPSA) is 0 Å². The van der Waals surface area contributed by atoms with Crippen LogP contribution in [0.4, 0.5) is 0 Å². The Hall–Kier alpha value is -1.40. The van der Waals surface area contributed by atoms with Crippen molar-refractivity contribution < 1.29 is 20.8 Å². The molecular weight excluding hydrogens is 450 g/mol. The van der Waals surface area contributed by atoms with Crippen LogP contribution in [-0.2, 0) is 33.7 Å². The van der Waals surface area contributed by atoms with Crippen molar-refractivity contribution in [1.82, 2.24) is 0 Å². The van der Waals surface area contributed by atoms with Gasteiger partial charge in [-0.1, -0.05) is 71.8 Å². The van der Waals surface area contributed by atoms with Crippen molar-refractivity contribution in [2.75, 3.05) is 0 Å². The molecule has 0 aliphatic carbocycles. The van der Waals surface area contributed by atoms with E-state index in [1.807, 2.05) is 36.4 Å². The Balaban J connectivity index is 0.000000170. The van der Waals surface area contributed by atoms with Crippen molar-refractivity contribution in [3.63, 3.8) is 0 Å². The van der Waals surface area contributed by atoms with Crippen LogP contribution in [0.5, 0.6) is 0 Å². The zero-order valence-corrected chi connectivity index (χ0v) is 18.4. The van der Waals surface area contributed by atoms with Gasteiger partial charge in [-0.25, -0.2) is 0 Å². The third-order valence-corrected chi connectivity index (χ3v) is 3.43. The molecule has 0 unspecified atom stereocenters. The van der Waals surface area contributed by atoms with E-state index in [2.05, 4.69) is 72.8 Å². The Kier molecular flexibility index (Phi) is 11.1. The molecule has 0 N–H and O–H groups in total. The van der Waals surface area contributed by atoms with Crippen LogP contribution in [-0.4, -0.2) is 0 Å². The van der Waals surface area contributed by atoms with E-state index in [1.165, 1.54) is 11.1 Å². The van der Waals surface area contributed by atoms with Crippen molar-refractivity contribution in [2.24, 2.45) is 0 Å². The van der Waals surface area contributed by atoms with Crippen LogP contribution in [0.2, 0.25) is 0 Å². The van der Waals surface area contributed by atoms with Gasteiger partial charge >= 0.3 is 37.9 Å². The standard InChI is InChI=1S/2C12H7.2ClH.Zr/c2*1-2-6-11(7-3-1)10-12-8-4-5-9-12;;;/h2*1-3,6-7H,10H2;2*1H;/q2*-5;;;+2/p-2. The first kappa shape index (κ1) is 21.9. The summed E-state index contributed by atoms with van der Waals surface area (Å²) in [5.41, 5.74) is 4.61. The van der Waals surface area contributed by atoms with Crippen LogP contribution in [0.3, 0.4) is 0 Å². The predicted octanol–water partition coefficient (Wildman–Crippen LogP) is 5.77. The van der Waals surface area contributed by atoms with Gasteiger partial charge < -0.3 is 59.7 Å². The summed E-state index contributed by atoms with van der Waals surface area (Å²) >= 11 is -0.826. The van der Waals surface area contributed by atoms with E-state index in [9.17, 15) is 0 Å². The molecular formula is C24H14Cl2Zr-10. The molecule has 0 fully saturated rings. The van der Waals surface area contributed by atoms with Gasteiger partial charge in [0.25, 0.3) is 0 Å². The Morgan fingerprint density at radius 2 is 0.889 bits per heavy atom. The Labute approximate surface area is 181 Å². The van der Waals surface area contributed by atoms with Crippen molar-refractivity contribution in [3.8, 4) is 0 Å². The van der Waals surface area contributed by atoms with Gasteiger partial charge in [0.2, 0.25) is 0 Å². The second-order valence-electron chi connectivity index (χ2n) is 5.35. The molecule has 0 saturated heterocycles. The number of hydrogen-bond acceptors (Lipinski definition) is 0. The number of rotatable bonds is 4. The maximum Gasteiger partial charge on any atom is -0.0616 e. The smallest absolute Gasteiger partial charge is 0.0616 e. The number of hydrogen-bond donors (Lipinski definition) is 0. The minimum atomic E-state index is -0.826. The molecule has 0 bridgehead atoms. The summed E-state index contributed by atoms with van der Waals surface area (Å²) in [6.45, 7) is 0. The van der Waals surface area contributed by atoms with Gasteiger partial charge in [-0.3, -0.25) is 0 Å². The zero-order chi connectivity index (χ0) is 19.2. The normalized spacial score (nSPS) is 9.41. The minimum Gasteiger partial charge on any atom is -0.998 e. The van der Waals surface area contributed by atoms with E-state index in [0.29, 0.717) is 0 Å². The van der Waals surface area contributed by atoms with E-state index in [4.69, 9.17) is 17.0 Å². The van der Waals surface area contributed by atoms with Gasteiger partial charge in [0.1, 0.15) is 0 Å². The van der Waals surface area contributed by atoms with Gasteiger partial charge in [0.05, 0.1) is 0 Å². The quantitative estimate of drug-likeness (QED) is 0.337. The molecule has 0 spiro atoms. The van der Waals surface area contributed by atoms with E-state index >= 15 is 0 Å². The number of halogens is 2. The van der Waals surface area contributed by atoms with Gasteiger partial charge in [0.15, 0.2) is 0 Å². The molecule has 0 radical (unpaired) electrons. The van der Waals surface area contributed by atoms with Crippen molar-refractivity contribution >= 4 is 17.0 Å². The summed E-state index contributed by atoms with van der Waals surface area (Å²) in [7, 11) is 9.87. The van der Waals surface area contributed by atoms with Crippen LogP contribution in [0.15, 0.2) is 60.7 Å². The molecule has 0 aromatic heterocycles. The summed E-state index contributed by atoms with van der Waals surface area (Å²) in [5, 5.41) is 0. The third-order valence-electron chi connectivity index (χ3n) is 3.43. The van der Waals surface area contributed by atoms with Gasteiger partial charge in [-0.2, -0.15) is 12.8 Å². The van der Waals surface area contributed by atoms with Crippen molar-refractivity contribution in [1.29, 1.82) is 0 Å². The molecule has 0 amide bonds. The molecule has 4 rings (SSSR count). The molecule has 0 aliphatic heterocycles. The van der Waals surface area contributed by atoms with Gasteiger partial charge in [0, 0.05) is 0 Å². The molecule has 0 saturated carbocycles. The monoisotopic (exact) mass is 462 g/mol. The van der Waals surface area contributed by atoms with Crippen LogP contribution in [0.25, 0.3) is 0 Å². The summed E-state index contributed by atoms with van der Waals surface area (Å²) in [4.78, 5) is 0. The van der Waals surface area contributed by atoms with E-state index in [-0.39, 0.29) is 0 Å². The van der Waals surface area contributed by atoms with E-state index < -0.39 is 20.8 Å². The zero-order valence-electron chi connectivity index (χ0n) is 14.4. The molecule has 4 aromatic rings. The SMILES string of the molecule is [Cl][Zr][Cl].[c-]1[c-][c-][c-](Cc2ccccc2)[c-]1.[c-]1[c-][c-][c-](Cc2ccccc2)[c-]1. The van der Waals surface area contributed by atoms with Crippen LogP contribution in [0.1, 0.15) is 22.3 Å². The second kappa shape index (κ2) is 13.7. The second-order valence-corrected chi connectivity index (χ2v) is 9.09. The van der Waals surface area contributed by atoms with Gasteiger partial charge in [-0.15, -0.1) is 0 Å². The fourth-order valence-corrected chi connectivity index (χ4v) is 2.27. The minimum absolute atomic E-state index is 0.826. The fraction of sp³-hybridized carbons (Fsp3) is 0.0833. The first-order chi connectivity index (χ1) is 13.3.